The molecule has 1 aromatic rings. The van der Waals surface area contributed by atoms with Crippen LogP contribution in [0.1, 0.15) is 33.6 Å². The molecule has 2 N–H and O–H groups in total. The minimum Gasteiger partial charge on any atom is -0.444 e. The summed E-state index contributed by atoms with van der Waals surface area (Å²) in [6.45, 7) is 5.45. The Morgan fingerprint density at radius 2 is 2.00 bits per heavy atom. The van der Waals surface area contributed by atoms with Crippen LogP contribution in [-0.2, 0) is 4.74 Å². The molecule has 0 radical (unpaired) electrons. The molecular weight excluding hydrogens is 366 g/mol. The lowest BCUT2D eigenvalue weighted by Crippen LogP contribution is -2.50. The number of amides is 1. The SMILES string of the molecule is CC(C)(C)OC(=O)NC1CC(Nc2cc([N+](=O)[O-])ccc2Br)C1. The van der Waals surface area contributed by atoms with Gasteiger partial charge in [0.25, 0.3) is 5.69 Å². The highest BCUT2D eigenvalue weighted by Gasteiger charge is 2.32. The lowest BCUT2D eigenvalue weighted by Gasteiger charge is -2.37. The number of alkyl carbamates (subject to hydrolysis) is 1. The van der Waals surface area contributed by atoms with Gasteiger partial charge in [-0.05, 0) is 55.6 Å². The molecule has 0 spiro atoms. The molecule has 1 amide bonds. The summed E-state index contributed by atoms with van der Waals surface area (Å²) in [6.07, 6.45) is 1.07. The topological polar surface area (TPSA) is 93.5 Å². The van der Waals surface area contributed by atoms with Crippen molar-refractivity contribution in [2.75, 3.05) is 5.32 Å². The molecule has 7 nitrogen and oxygen atoms in total. The number of nitro groups is 1. The number of hydrogen-bond acceptors (Lipinski definition) is 5. The first-order chi connectivity index (χ1) is 10.6. The largest absolute Gasteiger partial charge is 0.444 e. The Bertz CT molecular complexity index is 609. The van der Waals surface area contributed by atoms with Crippen molar-refractivity contribution in [3.05, 3.63) is 32.8 Å². The molecular formula is C15H20BrN3O4. The number of carbonyl (C=O) groups is 1. The molecule has 2 rings (SSSR count). The zero-order valence-electron chi connectivity index (χ0n) is 13.3. The van der Waals surface area contributed by atoms with Gasteiger partial charge in [-0.15, -0.1) is 0 Å². The molecule has 0 aromatic heterocycles. The Morgan fingerprint density at radius 3 is 2.57 bits per heavy atom. The van der Waals surface area contributed by atoms with Crippen molar-refractivity contribution < 1.29 is 14.5 Å². The van der Waals surface area contributed by atoms with Gasteiger partial charge in [0.15, 0.2) is 0 Å². The highest BCUT2D eigenvalue weighted by atomic mass is 79.9. The zero-order valence-corrected chi connectivity index (χ0v) is 14.8. The minimum atomic E-state index is -0.515. The Hall–Kier alpha value is -1.83. The summed E-state index contributed by atoms with van der Waals surface area (Å²) in [6, 6.07) is 4.81. The van der Waals surface area contributed by atoms with Crippen LogP contribution in [0.2, 0.25) is 0 Å². The number of rotatable bonds is 4. The number of nitrogens with zero attached hydrogens (tertiary/aromatic N) is 1. The maximum atomic E-state index is 11.7. The van der Waals surface area contributed by atoms with E-state index in [2.05, 4.69) is 26.6 Å². The highest BCUT2D eigenvalue weighted by molar-refractivity contribution is 9.10. The van der Waals surface area contributed by atoms with Crippen molar-refractivity contribution in [2.24, 2.45) is 0 Å². The van der Waals surface area contributed by atoms with Gasteiger partial charge in [0.2, 0.25) is 0 Å². The number of non-ortho nitro benzene ring substituents is 1. The number of nitro benzene ring substituents is 1. The van der Waals surface area contributed by atoms with Crippen molar-refractivity contribution in [1.82, 2.24) is 5.32 Å². The number of ether oxygens (including phenoxy) is 1. The summed E-state index contributed by atoms with van der Waals surface area (Å²) < 4.78 is 5.98. The number of anilines is 1. The molecule has 0 heterocycles. The molecule has 1 saturated carbocycles. The lowest BCUT2D eigenvalue weighted by atomic mass is 9.86. The van der Waals surface area contributed by atoms with Crippen LogP contribution in [-0.4, -0.2) is 28.7 Å². The van der Waals surface area contributed by atoms with Crippen molar-refractivity contribution in [3.8, 4) is 0 Å². The number of halogens is 1. The first-order valence-electron chi connectivity index (χ1n) is 7.34. The minimum absolute atomic E-state index is 0.0402. The first kappa shape index (κ1) is 17.5. The fraction of sp³-hybridized carbons (Fsp3) is 0.533. The van der Waals surface area contributed by atoms with E-state index in [9.17, 15) is 14.9 Å². The first-order valence-corrected chi connectivity index (χ1v) is 8.13. The van der Waals surface area contributed by atoms with Gasteiger partial charge in [-0.1, -0.05) is 0 Å². The van der Waals surface area contributed by atoms with Gasteiger partial charge in [0, 0.05) is 28.7 Å². The molecule has 1 aliphatic carbocycles. The Balaban J connectivity index is 1.83. The molecule has 0 saturated heterocycles. The third-order valence-corrected chi connectivity index (χ3v) is 4.07. The van der Waals surface area contributed by atoms with E-state index in [0.29, 0.717) is 5.69 Å². The number of hydrogen-bond donors (Lipinski definition) is 2. The van der Waals surface area contributed by atoms with E-state index in [1.54, 1.807) is 6.07 Å². The summed E-state index contributed by atoms with van der Waals surface area (Å²) in [5, 5.41) is 16.9. The standard InChI is InChI=1S/C15H20BrN3O4/c1-15(2,3)23-14(20)18-10-6-9(7-10)17-13-8-11(19(21)22)4-5-12(13)16/h4-5,8-10,17H,6-7H2,1-3H3,(H,18,20). The highest BCUT2D eigenvalue weighted by Crippen LogP contribution is 2.31. The molecule has 0 aliphatic heterocycles. The fourth-order valence-corrected chi connectivity index (χ4v) is 2.65. The van der Waals surface area contributed by atoms with Crippen LogP contribution in [0.4, 0.5) is 16.2 Å². The molecule has 8 heteroatoms. The summed E-state index contributed by atoms with van der Waals surface area (Å²) in [7, 11) is 0. The van der Waals surface area contributed by atoms with Gasteiger partial charge in [-0.2, -0.15) is 0 Å². The van der Waals surface area contributed by atoms with Gasteiger partial charge in [0.05, 0.1) is 10.6 Å². The second-order valence-corrected chi connectivity index (χ2v) is 7.43. The van der Waals surface area contributed by atoms with Crippen LogP contribution in [0.5, 0.6) is 0 Å². The third kappa shape index (κ3) is 5.09. The lowest BCUT2D eigenvalue weighted by molar-refractivity contribution is -0.384. The predicted molar refractivity (Wildman–Crippen MR) is 90.6 cm³/mol. The maximum Gasteiger partial charge on any atom is 0.407 e. The Labute approximate surface area is 143 Å². The quantitative estimate of drug-likeness (QED) is 0.606. The van der Waals surface area contributed by atoms with E-state index >= 15 is 0 Å². The molecule has 0 bridgehead atoms. The zero-order chi connectivity index (χ0) is 17.2. The number of nitrogens with one attached hydrogen (secondary N) is 2. The van der Waals surface area contributed by atoms with Crippen molar-refractivity contribution in [3.63, 3.8) is 0 Å². The summed E-state index contributed by atoms with van der Waals surface area (Å²) in [5.74, 6) is 0. The van der Waals surface area contributed by atoms with Crippen molar-refractivity contribution in [2.45, 2.75) is 51.3 Å². The van der Waals surface area contributed by atoms with Crippen LogP contribution in [0.25, 0.3) is 0 Å². The van der Waals surface area contributed by atoms with Crippen LogP contribution in [0.3, 0.4) is 0 Å². The normalized spacial score (nSPS) is 20.3. The molecule has 1 fully saturated rings. The summed E-state index contributed by atoms with van der Waals surface area (Å²) >= 11 is 3.37. The molecule has 1 aliphatic rings. The second kappa shape index (κ2) is 6.74. The smallest absolute Gasteiger partial charge is 0.407 e. The maximum absolute atomic E-state index is 11.7. The van der Waals surface area contributed by atoms with Crippen LogP contribution < -0.4 is 10.6 Å². The Morgan fingerprint density at radius 1 is 1.35 bits per heavy atom. The van der Waals surface area contributed by atoms with Crippen molar-refractivity contribution in [1.29, 1.82) is 0 Å². The molecule has 0 unspecified atom stereocenters. The predicted octanol–water partition coefficient (Wildman–Crippen LogP) is 3.82. The van der Waals surface area contributed by atoms with Gasteiger partial charge >= 0.3 is 6.09 Å². The van der Waals surface area contributed by atoms with Gasteiger partial charge in [0.1, 0.15) is 5.60 Å². The summed E-state index contributed by atoms with van der Waals surface area (Å²) in [4.78, 5) is 22.1. The van der Waals surface area contributed by atoms with E-state index in [-0.39, 0.29) is 17.8 Å². The van der Waals surface area contributed by atoms with E-state index in [1.165, 1.54) is 12.1 Å². The molecule has 126 valence electrons. The summed E-state index contributed by atoms with van der Waals surface area (Å²) in [5.41, 5.74) is 0.206. The van der Waals surface area contributed by atoms with Gasteiger partial charge in [-0.3, -0.25) is 10.1 Å². The van der Waals surface area contributed by atoms with Gasteiger partial charge in [-0.25, -0.2) is 4.79 Å². The van der Waals surface area contributed by atoms with Gasteiger partial charge < -0.3 is 15.4 Å². The molecule has 0 atom stereocenters. The average molecular weight is 386 g/mol. The fourth-order valence-electron chi connectivity index (χ4n) is 2.29. The van der Waals surface area contributed by atoms with E-state index in [0.717, 1.165) is 17.3 Å². The van der Waals surface area contributed by atoms with E-state index in [1.807, 2.05) is 20.8 Å². The number of carbonyl (C=O) groups excluding carboxylic acids is 1. The Kier molecular flexibility index (Phi) is 5.13. The number of benzene rings is 1. The monoisotopic (exact) mass is 385 g/mol. The third-order valence-electron chi connectivity index (χ3n) is 3.38. The van der Waals surface area contributed by atoms with E-state index in [4.69, 9.17) is 4.74 Å². The molecule has 23 heavy (non-hydrogen) atoms. The van der Waals surface area contributed by atoms with Crippen LogP contribution in [0.15, 0.2) is 22.7 Å². The van der Waals surface area contributed by atoms with E-state index < -0.39 is 16.6 Å². The molecule has 1 aromatic carbocycles. The average Bonchev–Trinajstić information content (AvgIpc) is 2.35. The second-order valence-electron chi connectivity index (χ2n) is 6.58. The van der Waals surface area contributed by atoms with Crippen molar-refractivity contribution >= 4 is 33.4 Å². The van der Waals surface area contributed by atoms with Crippen LogP contribution in [0, 0.1) is 10.1 Å². The van der Waals surface area contributed by atoms with Crippen LogP contribution >= 0.6 is 15.9 Å².